The van der Waals surface area contributed by atoms with Gasteiger partial charge in [0.25, 0.3) is 0 Å². The number of aromatic carboxylic acids is 1. The number of imidazole rings is 1. The summed E-state index contributed by atoms with van der Waals surface area (Å²) in [6, 6.07) is 17.2. The lowest BCUT2D eigenvalue weighted by Gasteiger charge is -2.32. The number of pyridine rings is 1. The molecule has 11 heteroatoms. The Bertz CT molecular complexity index is 1800. The molecule has 0 saturated carbocycles. The van der Waals surface area contributed by atoms with Crippen molar-refractivity contribution in [3.63, 3.8) is 0 Å². The van der Waals surface area contributed by atoms with Gasteiger partial charge in [0, 0.05) is 36.7 Å². The fraction of sp³-hybridized carbons (Fsp3) is 0.375. The number of likely N-dealkylation sites (tertiary alicyclic amines) is 1. The van der Waals surface area contributed by atoms with Crippen LogP contribution < -0.4 is 4.74 Å². The molecule has 1 N–H and O–H groups in total. The third-order valence-corrected chi connectivity index (χ3v) is 8.91. The second-order valence-corrected chi connectivity index (χ2v) is 11.8. The zero-order valence-electron chi connectivity index (χ0n) is 23.9. The molecular formula is C32H33ClN6O4. The highest BCUT2D eigenvalue weighted by atomic mass is 35.5. The Balaban J connectivity index is 1.00. The van der Waals surface area contributed by atoms with Crippen molar-refractivity contribution in [3.05, 3.63) is 82.4 Å². The zero-order chi connectivity index (χ0) is 29.5. The molecule has 2 aliphatic rings. The quantitative estimate of drug-likeness (QED) is 0.239. The molecule has 2 saturated heterocycles. The van der Waals surface area contributed by atoms with E-state index < -0.39 is 5.97 Å². The van der Waals surface area contributed by atoms with Gasteiger partial charge < -0.3 is 19.1 Å². The third-order valence-electron chi connectivity index (χ3n) is 8.63. The van der Waals surface area contributed by atoms with Gasteiger partial charge in [0.2, 0.25) is 5.88 Å². The van der Waals surface area contributed by atoms with E-state index in [-0.39, 0.29) is 11.7 Å². The van der Waals surface area contributed by atoms with E-state index in [0.29, 0.717) is 36.6 Å². The smallest absolute Gasteiger partial charge is 0.335 e. The molecule has 2 aromatic carbocycles. The molecule has 222 valence electrons. The number of rotatable bonds is 9. The average Bonchev–Trinajstić information content (AvgIpc) is 3.48. The number of halogens is 1. The van der Waals surface area contributed by atoms with Crippen molar-refractivity contribution < 1.29 is 19.4 Å². The van der Waals surface area contributed by atoms with Crippen LogP contribution in [0.2, 0.25) is 5.15 Å². The fourth-order valence-corrected chi connectivity index (χ4v) is 6.37. The van der Waals surface area contributed by atoms with E-state index >= 15 is 0 Å². The number of fused-ring (bicyclic) bond motifs is 2. The number of hydrogen-bond acceptors (Lipinski definition) is 7. The van der Waals surface area contributed by atoms with Gasteiger partial charge in [0.15, 0.2) is 5.15 Å². The van der Waals surface area contributed by atoms with Gasteiger partial charge in [-0.05, 0) is 74.3 Å². The maximum atomic E-state index is 11.6. The second-order valence-electron chi connectivity index (χ2n) is 11.4. The zero-order valence-corrected chi connectivity index (χ0v) is 24.7. The first-order valence-electron chi connectivity index (χ1n) is 14.7. The predicted octanol–water partition coefficient (Wildman–Crippen LogP) is 5.42. The molecular weight excluding hydrogens is 568 g/mol. The van der Waals surface area contributed by atoms with Gasteiger partial charge in [-0.2, -0.15) is 5.10 Å². The normalized spacial score (nSPS) is 17.9. The maximum Gasteiger partial charge on any atom is 0.335 e. The molecule has 1 unspecified atom stereocenters. The molecule has 7 rings (SSSR count). The van der Waals surface area contributed by atoms with Gasteiger partial charge in [-0.3, -0.25) is 9.58 Å². The summed E-state index contributed by atoms with van der Waals surface area (Å²) in [5.41, 5.74) is 5.00. The van der Waals surface area contributed by atoms with Gasteiger partial charge in [0.05, 0.1) is 41.3 Å². The van der Waals surface area contributed by atoms with E-state index in [2.05, 4.69) is 20.6 Å². The van der Waals surface area contributed by atoms with Gasteiger partial charge in [-0.1, -0.05) is 23.7 Å². The number of carboxylic acid groups (broad SMARTS) is 1. The standard InChI is InChI=1S/C32H33ClN6O4/c1-37-27-15-20(5-7-24(27)31(33)36-37)19-43-30-4-2-3-25(35-30)21-9-12-38(13-10-21)18-29-34-26-8-6-22(32(40)41)16-28(26)39(29)17-23-11-14-42-23/h2-8,15-16,21,23H,9-14,17-19H2,1H3,(H,40,41). The fourth-order valence-electron chi connectivity index (χ4n) is 6.09. The maximum absolute atomic E-state index is 11.6. The Labute approximate surface area is 253 Å². The van der Waals surface area contributed by atoms with Gasteiger partial charge in [-0.25, -0.2) is 14.8 Å². The molecule has 0 bridgehead atoms. The third kappa shape index (κ3) is 5.70. The molecule has 5 heterocycles. The predicted molar refractivity (Wildman–Crippen MR) is 163 cm³/mol. The minimum atomic E-state index is -0.933. The number of carbonyl (C=O) groups is 1. The molecule has 2 fully saturated rings. The first-order chi connectivity index (χ1) is 20.9. The molecule has 0 amide bonds. The number of ether oxygens (including phenoxy) is 2. The molecule has 2 aliphatic heterocycles. The minimum absolute atomic E-state index is 0.146. The van der Waals surface area contributed by atoms with Crippen molar-refractivity contribution in [2.45, 2.75) is 51.0 Å². The number of aryl methyl sites for hydroxylation is 1. The first kappa shape index (κ1) is 27.8. The molecule has 43 heavy (non-hydrogen) atoms. The topological polar surface area (TPSA) is 108 Å². The van der Waals surface area contributed by atoms with Gasteiger partial charge in [0.1, 0.15) is 12.4 Å². The van der Waals surface area contributed by atoms with Crippen LogP contribution in [0.3, 0.4) is 0 Å². The average molecular weight is 601 g/mol. The first-order valence-corrected chi connectivity index (χ1v) is 15.1. The molecule has 5 aromatic rings. The summed E-state index contributed by atoms with van der Waals surface area (Å²) in [7, 11) is 1.88. The molecule has 3 aromatic heterocycles. The van der Waals surface area contributed by atoms with Crippen LogP contribution in [0.4, 0.5) is 0 Å². The van der Waals surface area contributed by atoms with E-state index in [9.17, 15) is 9.90 Å². The van der Waals surface area contributed by atoms with Crippen LogP contribution >= 0.6 is 11.6 Å². The molecule has 0 spiro atoms. The van der Waals surface area contributed by atoms with E-state index in [1.807, 2.05) is 37.4 Å². The Morgan fingerprint density at radius 3 is 2.67 bits per heavy atom. The largest absolute Gasteiger partial charge is 0.478 e. The summed E-state index contributed by atoms with van der Waals surface area (Å²) in [5.74, 6) is 0.994. The highest BCUT2D eigenvalue weighted by Gasteiger charge is 2.26. The van der Waals surface area contributed by atoms with Crippen LogP contribution in [0.1, 0.15) is 52.6 Å². The van der Waals surface area contributed by atoms with Crippen LogP contribution in [-0.2, 0) is 31.5 Å². The summed E-state index contributed by atoms with van der Waals surface area (Å²) in [6.45, 7) is 4.43. The van der Waals surface area contributed by atoms with Crippen LogP contribution in [0.5, 0.6) is 5.88 Å². The molecule has 0 radical (unpaired) electrons. The van der Waals surface area contributed by atoms with E-state index in [1.54, 1.807) is 22.9 Å². The van der Waals surface area contributed by atoms with Gasteiger partial charge in [-0.15, -0.1) is 0 Å². The van der Waals surface area contributed by atoms with Gasteiger partial charge >= 0.3 is 5.97 Å². The van der Waals surface area contributed by atoms with Crippen LogP contribution in [0.15, 0.2) is 54.6 Å². The number of aromatic nitrogens is 5. The van der Waals surface area contributed by atoms with E-state index in [4.69, 9.17) is 31.0 Å². The van der Waals surface area contributed by atoms with Crippen LogP contribution in [0, 0.1) is 0 Å². The Hall–Kier alpha value is -3.99. The summed E-state index contributed by atoms with van der Waals surface area (Å²) in [6.07, 6.45) is 3.13. The van der Waals surface area contributed by atoms with Crippen LogP contribution in [0.25, 0.3) is 21.9 Å². The summed E-state index contributed by atoms with van der Waals surface area (Å²) < 4.78 is 15.7. The lowest BCUT2D eigenvalue weighted by atomic mass is 9.93. The Kier molecular flexibility index (Phi) is 7.50. The number of benzene rings is 2. The monoisotopic (exact) mass is 600 g/mol. The molecule has 1 atom stereocenters. The summed E-state index contributed by atoms with van der Waals surface area (Å²) >= 11 is 6.20. The number of piperidine rings is 1. The van der Waals surface area contributed by atoms with Crippen molar-refractivity contribution in [2.75, 3.05) is 19.7 Å². The Morgan fingerprint density at radius 2 is 1.91 bits per heavy atom. The number of carboxylic acids is 1. The lowest BCUT2D eigenvalue weighted by Crippen LogP contribution is -2.35. The van der Waals surface area contributed by atoms with Crippen LogP contribution in [-0.4, -0.2) is 66.1 Å². The number of hydrogen-bond donors (Lipinski definition) is 1. The highest BCUT2D eigenvalue weighted by molar-refractivity contribution is 6.34. The van der Waals surface area contributed by atoms with Crippen molar-refractivity contribution in [1.29, 1.82) is 0 Å². The highest BCUT2D eigenvalue weighted by Crippen LogP contribution is 2.30. The van der Waals surface area contributed by atoms with Crippen molar-refractivity contribution in [2.24, 2.45) is 7.05 Å². The second kappa shape index (κ2) is 11.6. The number of nitrogens with zero attached hydrogens (tertiary/aromatic N) is 6. The van der Waals surface area contributed by atoms with E-state index in [0.717, 1.165) is 78.0 Å². The van der Waals surface area contributed by atoms with E-state index in [1.165, 1.54) is 0 Å². The lowest BCUT2D eigenvalue weighted by molar-refractivity contribution is -0.0592. The summed E-state index contributed by atoms with van der Waals surface area (Å²) in [4.78, 5) is 23.8. The van der Waals surface area contributed by atoms with Crippen molar-refractivity contribution in [1.82, 2.24) is 29.2 Å². The van der Waals surface area contributed by atoms with Crippen molar-refractivity contribution in [3.8, 4) is 5.88 Å². The molecule has 0 aliphatic carbocycles. The minimum Gasteiger partial charge on any atom is -0.478 e. The SMILES string of the molecule is Cn1nc(Cl)c2ccc(COc3cccc(C4CCN(Cc5nc6ccc(C(=O)O)cc6n5CC5CCO5)CC4)n3)cc21. The van der Waals surface area contributed by atoms with Crippen molar-refractivity contribution >= 4 is 39.5 Å². The summed E-state index contributed by atoms with van der Waals surface area (Å²) in [5, 5.41) is 15.2. The molecule has 10 nitrogen and oxygen atoms in total. The Morgan fingerprint density at radius 1 is 1.07 bits per heavy atom.